The molecule has 4 rings (SSSR count). The van der Waals surface area contributed by atoms with Crippen LogP contribution in [0.3, 0.4) is 0 Å². The molecule has 1 atom stereocenters. The second-order valence-corrected chi connectivity index (χ2v) is 7.34. The van der Waals surface area contributed by atoms with Gasteiger partial charge in [0.25, 0.3) is 0 Å². The van der Waals surface area contributed by atoms with Crippen LogP contribution in [0, 0.1) is 5.92 Å². The van der Waals surface area contributed by atoms with Crippen LogP contribution in [0.1, 0.15) is 18.4 Å². The van der Waals surface area contributed by atoms with E-state index < -0.39 is 0 Å². The molecular formula is C22H26N4O. The summed E-state index contributed by atoms with van der Waals surface area (Å²) >= 11 is 0. The number of aromatic nitrogens is 1. The number of likely N-dealkylation sites (tertiary alicyclic amines) is 1. The molecule has 1 fully saturated rings. The van der Waals surface area contributed by atoms with Gasteiger partial charge in [-0.1, -0.05) is 30.3 Å². The summed E-state index contributed by atoms with van der Waals surface area (Å²) < 4.78 is 0. The van der Waals surface area contributed by atoms with Crippen molar-refractivity contribution in [2.24, 2.45) is 5.92 Å². The van der Waals surface area contributed by atoms with Crippen LogP contribution in [0.4, 0.5) is 10.5 Å². The topological polar surface area (TPSA) is 60.2 Å². The third-order valence-corrected chi connectivity index (χ3v) is 5.21. The number of nitrogens with one attached hydrogen (secondary N) is 3. The number of H-pyrrole nitrogens is 1. The molecule has 1 aliphatic heterocycles. The molecule has 0 spiro atoms. The van der Waals surface area contributed by atoms with E-state index >= 15 is 0 Å². The van der Waals surface area contributed by atoms with E-state index in [1.165, 1.54) is 18.4 Å². The number of aromatic amines is 1. The lowest BCUT2D eigenvalue weighted by atomic mass is 9.97. The Kier molecular flexibility index (Phi) is 5.39. The number of urea groups is 1. The number of piperidine rings is 1. The minimum atomic E-state index is -0.134. The van der Waals surface area contributed by atoms with Crippen molar-refractivity contribution in [1.82, 2.24) is 15.2 Å². The summed E-state index contributed by atoms with van der Waals surface area (Å²) in [6.45, 7) is 3.86. The zero-order chi connectivity index (χ0) is 18.5. The SMILES string of the molecule is O=C(NC[C@@H]1CCCN(Cc2ccccc2)C1)Nc1ccc2[nH]ccc2c1. The fourth-order valence-electron chi connectivity index (χ4n) is 3.85. The highest BCUT2D eigenvalue weighted by Gasteiger charge is 2.20. The van der Waals surface area contributed by atoms with E-state index in [4.69, 9.17) is 0 Å². The molecule has 5 heteroatoms. The van der Waals surface area contributed by atoms with Crippen molar-refractivity contribution in [1.29, 1.82) is 0 Å². The summed E-state index contributed by atoms with van der Waals surface area (Å²) in [4.78, 5) is 17.9. The van der Waals surface area contributed by atoms with Gasteiger partial charge in [-0.15, -0.1) is 0 Å². The molecule has 0 aliphatic carbocycles. The monoisotopic (exact) mass is 362 g/mol. The summed E-state index contributed by atoms with van der Waals surface area (Å²) in [7, 11) is 0. The molecule has 3 N–H and O–H groups in total. The Bertz CT molecular complexity index is 889. The van der Waals surface area contributed by atoms with Crippen LogP contribution in [-0.2, 0) is 6.54 Å². The average molecular weight is 362 g/mol. The number of benzene rings is 2. The minimum Gasteiger partial charge on any atom is -0.361 e. The number of carbonyl (C=O) groups is 1. The summed E-state index contributed by atoms with van der Waals surface area (Å²) in [6.07, 6.45) is 4.25. The van der Waals surface area contributed by atoms with Gasteiger partial charge in [-0.25, -0.2) is 4.79 Å². The Morgan fingerprint density at radius 2 is 2.04 bits per heavy atom. The van der Waals surface area contributed by atoms with Gasteiger partial charge >= 0.3 is 6.03 Å². The molecule has 0 radical (unpaired) electrons. The van der Waals surface area contributed by atoms with Crippen molar-refractivity contribution in [2.75, 3.05) is 25.0 Å². The molecule has 0 bridgehead atoms. The van der Waals surface area contributed by atoms with Crippen LogP contribution < -0.4 is 10.6 Å². The van der Waals surface area contributed by atoms with E-state index in [1.54, 1.807) is 0 Å². The Morgan fingerprint density at radius 1 is 1.15 bits per heavy atom. The van der Waals surface area contributed by atoms with Crippen LogP contribution in [0.2, 0.25) is 0 Å². The molecule has 5 nitrogen and oxygen atoms in total. The van der Waals surface area contributed by atoms with Gasteiger partial charge in [0.2, 0.25) is 0 Å². The van der Waals surface area contributed by atoms with Gasteiger partial charge in [0, 0.05) is 42.4 Å². The zero-order valence-electron chi connectivity index (χ0n) is 15.4. The molecule has 3 aromatic rings. The number of hydrogen-bond donors (Lipinski definition) is 3. The maximum Gasteiger partial charge on any atom is 0.319 e. The first-order valence-electron chi connectivity index (χ1n) is 9.64. The molecule has 1 aromatic heterocycles. The van der Waals surface area contributed by atoms with Crippen molar-refractivity contribution in [2.45, 2.75) is 19.4 Å². The second kappa shape index (κ2) is 8.27. The molecule has 2 aromatic carbocycles. The van der Waals surface area contributed by atoms with Crippen LogP contribution in [-0.4, -0.2) is 35.5 Å². The van der Waals surface area contributed by atoms with Crippen LogP contribution in [0.15, 0.2) is 60.8 Å². The number of amides is 2. The van der Waals surface area contributed by atoms with Gasteiger partial charge in [0.1, 0.15) is 0 Å². The Morgan fingerprint density at radius 3 is 2.93 bits per heavy atom. The predicted molar refractivity (Wildman–Crippen MR) is 110 cm³/mol. The standard InChI is InChI=1S/C22H26N4O/c27-22(25-20-8-9-21-19(13-20)10-11-23-21)24-14-18-7-4-12-26(16-18)15-17-5-2-1-3-6-17/h1-3,5-6,8-11,13,18,23H,4,7,12,14-16H2,(H2,24,25,27)/t18-/m0/s1. The summed E-state index contributed by atoms with van der Waals surface area (Å²) in [5.74, 6) is 0.500. The van der Waals surface area contributed by atoms with Gasteiger partial charge in [-0.2, -0.15) is 0 Å². The molecule has 2 amide bonds. The van der Waals surface area contributed by atoms with Gasteiger partial charge in [0.15, 0.2) is 0 Å². The van der Waals surface area contributed by atoms with Gasteiger partial charge in [0.05, 0.1) is 0 Å². The lowest BCUT2D eigenvalue weighted by molar-refractivity contribution is 0.166. The maximum absolute atomic E-state index is 12.3. The van der Waals surface area contributed by atoms with Crippen LogP contribution in [0.5, 0.6) is 0 Å². The fraction of sp³-hybridized carbons (Fsp3) is 0.318. The number of anilines is 1. The van der Waals surface area contributed by atoms with Gasteiger partial charge < -0.3 is 15.6 Å². The lowest BCUT2D eigenvalue weighted by Gasteiger charge is -2.32. The molecule has 0 saturated carbocycles. The molecule has 1 saturated heterocycles. The van der Waals surface area contributed by atoms with Crippen molar-refractivity contribution in [3.05, 3.63) is 66.4 Å². The zero-order valence-corrected chi connectivity index (χ0v) is 15.4. The molecule has 0 unspecified atom stereocenters. The smallest absolute Gasteiger partial charge is 0.319 e. The first-order chi connectivity index (χ1) is 13.3. The quantitative estimate of drug-likeness (QED) is 0.637. The van der Waals surface area contributed by atoms with Crippen molar-refractivity contribution < 1.29 is 4.79 Å². The highest BCUT2D eigenvalue weighted by Crippen LogP contribution is 2.19. The number of nitrogens with zero attached hydrogens (tertiary/aromatic N) is 1. The summed E-state index contributed by atoms with van der Waals surface area (Å²) in [5, 5.41) is 7.07. The maximum atomic E-state index is 12.3. The Hall–Kier alpha value is -2.79. The van der Waals surface area contributed by atoms with E-state index in [2.05, 4.69) is 50.8 Å². The fourth-order valence-corrected chi connectivity index (χ4v) is 3.85. The van der Waals surface area contributed by atoms with E-state index in [9.17, 15) is 4.79 Å². The highest BCUT2D eigenvalue weighted by atomic mass is 16.2. The average Bonchev–Trinajstić information content (AvgIpc) is 3.15. The van der Waals surface area contributed by atoms with E-state index in [0.29, 0.717) is 12.5 Å². The van der Waals surface area contributed by atoms with Gasteiger partial charge in [-0.05, 0) is 55.1 Å². The molecule has 1 aliphatic rings. The number of rotatable bonds is 5. The first-order valence-corrected chi connectivity index (χ1v) is 9.64. The first kappa shape index (κ1) is 17.6. The summed E-state index contributed by atoms with van der Waals surface area (Å²) in [5.41, 5.74) is 3.24. The highest BCUT2D eigenvalue weighted by molar-refractivity contribution is 5.92. The molecule has 2 heterocycles. The van der Waals surface area contributed by atoms with Crippen molar-refractivity contribution >= 4 is 22.6 Å². The minimum absolute atomic E-state index is 0.134. The molecule has 27 heavy (non-hydrogen) atoms. The molecule has 140 valence electrons. The second-order valence-electron chi connectivity index (χ2n) is 7.34. The van der Waals surface area contributed by atoms with Gasteiger partial charge in [-0.3, -0.25) is 4.90 Å². The van der Waals surface area contributed by atoms with E-state index in [1.807, 2.05) is 30.5 Å². The third-order valence-electron chi connectivity index (χ3n) is 5.21. The lowest BCUT2D eigenvalue weighted by Crippen LogP contribution is -2.41. The third kappa shape index (κ3) is 4.68. The largest absolute Gasteiger partial charge is 0.361 e. The normalized spacial score (nSPS) is 17.7. The number of carbonyl (C=O) groups excluding carboxylic acids is 1. The van der Waals surface area contributed by atoms with Crippen LogP contribution in [0.25, 0.3) is 10.9 Å². The van der Waals surface area contributed by atoms with E-state index in [-0.39, 0.29) is 6.03 Å². The Balaban J connectivity index is 1.25. The predicted octanol–water partition coefficient (Wildman–Crippen LogP) is 4.20. The Labute approximate surface area is 159 Å². The number of hydrogen-bond acceptors (Lipinski definition) is 2. The summed E-state index contributed by atoms with van der Waals surface area (Å²) in [6, 6.07) is 18.3. The number of fused-ring (bicyclic) bond motifs is 1. The van der Waals surface area contributed by atoms with Crippen molar-refractivity contribution in [3.8, 4) is 0 Å². The van der Waals surface area contributed by atoms with E-state index in [0.717, 1.165) is 36.2 Å². The molecular weight excluding hydrogens is 336 g/mol. The van der Waals surface area contributed by atoms with Crippen LogP contribution >= 0.6 is 0 Å². The van der Waals surface area contributed by atoms with Crippen molar-refractivity contribution in [3.63, 3.8) is 0 Å².